The monoisotopic (exact) mass is 265 g/mol. The first-order chi connectivity index (χ1) is 9.02. The van der Waals surface area contributed by atoms with Gasteiger partial charge in [0.05, 0.1) is 6.61 Å². The van der Waals surface area contributed by atoms with Crippen LogP contribution in [0.4, 0.5) is 10.5 Å². The van der Waals surface area contributed by atoms with Crippen LogP contribution >= 0.6 is 0 Å². The van der Waals surface area contributed by atoms with E-state index in [1.807, 2.05) is 13.8 Å². The van der Waals surface area contributed by atoms with E-state index < -0.39 is 0 Å². The van der Waals surface area contributed by atoms with Gasteiger partial charge in [0.2, 0.25) is 0 Å². The van der Waals surface area contributed by atoms with Crippen molar-refractivity contribution in [2.45, 2.75) is 26.8 Å². The van der Waals surface area contributed by atoms with E-state index in [-0.39, 0.29) is 18.0 Å². The number of nitrogens with one attached hydrogen (secondary N) is 3. The summed E-state index contributed by atoms with van der Waals surface area (Å²) in [5.74, 6) is -0.352. The molecule has 1 aromatic carbocycles. The van der Waals surface area contributed by atoms with Crippen molar-refractivity contribution in [3.8, 4) is 0 Å². The van der Waals surface area contributed by atoms with E-state index in [0.717, 1.165) is 0 Å². The first-order valence-corrected chi connectivity index (χ1v) is 6.12. The maximum absolute atomic E-state index is 11.7. The van der Waals surface area contributed by atoms with Crippen LogP contribution in [0.25, 0.3) is 0 Å². The lowest BCUT2D eigenvalue weighted by molar-refractivity contribution is 0.0364. The Labute approximate surface area is 112 Å². The normalized spacial score (nSPS) is 10.1. The summed E-state index contributed by atoms with van der Waals surface area (Å²) in [5.41, 5.74) is 3.25. The van der Waals surface area contributed by atoms with Crippen LogP contribution in [0.3, 0.4) is 0 Å². The van der Waals surface area contributed by atoms with Gasteiger partial charge in [-0.2, -0.15) is 0 Å². The number of amides is 3. The van der Waals surface area contributed by atoms with Gasteiger partial charge in [-0.25, -0.2) is 10.3 Å². The Balaban J connectivity index is 2.66. The molecule has 19 heavy (non-hydrogen) atoms. The predicted octanol–water partition coefficient (Wildman–Crippen LogP) is 1.90. The smallest absolute Gasteiger partial charge is 0.319 e. The molecular weight excluding hydrogens is 246 g/mol. The second kappa shape index (κ2) is 7.38. The van der Waals surface area contributed by atoms with E-state index in [0.29, 0.717) is 17.9 Å². The zero-order chi connectivity index (χ0) is 14.3. The highest BCUT2D eigenvalue weighted by molar-refractivity contribution is 5.96. The summed E-state index contributed by atoms with van der Waals surface area (Å²) < 4.78 is 0. The Morgan fingerprint density at radius 3 is 2.68 bits per heavy atom. The predicted molar refractivity (Wildman–Crippen MR) is 72.8 cm³/mol. The van der Waals surface area contributed by atoms with Gasteiger partial charge in [-0.3, -0.25) is 9.63 Å². The highest BCUT2D eigenvalue weighted by Gasteiger charge is 2.08. The molecule has 0 aliphatic carbocycles. The Bertz CT molecular complexity index is 447. The van der Waals surface area contributed by atoms with Crippen LogP contribution in [0.2, 0.25) is 0 Å². The van der Waals surface area contributed by atoms with E-state index in [1.165, 1.54) is 0 Å². The number of benzene rings is 1. The minimum atomic E-state index is -0.352. The Morgan fingerprint density at radius 2 is 2.05 bits per heavy atom. The van der Waals surface area contributed by atoms with Crippen molar-refractivity contribution in [3.63, 3.8) is 0 Å². The maximum atomic E-state index is 11.7. The molecule has 0 heterocycles. The molecule has 0 atom stereocenters. The average molecular weight is 265 g/mol. The lowest BCUT2D eigenvalue weighted by Crippen LogP contribution is -2.34. The quantitative estimate of drug-likeness (QED) is 0.711. The highest BCUT2D eigenvalue weighted by atomic mass is 16.6. The molecule has 0 unspecified atom stereocenters. The zero-order valence-electron chi connectivity index (χ0n) is 11.3. The SMILES string of the molecule is CCONC(=O)c1cccc(NC(=O)NC(C)C)c1. The van der Waals surface area contributed by atoms with Crippen LogP contribution in [0.15, 0.2) is 24.3 Å². The van der Waals surface area contributed by atoms with Gasteiger partial charge in [-0.1, -0.05) is 6.07 Å². The number of rotatable bonds is 5. The largest absolute Gasteiger partial charge is 0.336 e. The first kappa shape index (κ1) is 15.0. The van der Waals surface area contributed by atoms with Crippen LogP contribution in [0.1, 0.15) is 31.1 Å². The molecule has 1 aromatic rings. The summed E-state index contributed by atoms with van der Waals surface area (Å²) in [6, 6.07) is 6.35. The fourth-order valence-corrected chi connectivity index (χ4v) is 1.36. The summed E-state index contributed by atoms with van der Waals surface area (Å²) in [6.07, 6.45) is 0. The molecule has 0 radical (unpaired) electrons. The van der Waals surface area contributed by atoms with Crippen molar-refractivity contribution in [2.24, 2.45) is 0 Å². The van der Waals surface area contributed by atoms with Crippen molar-refractivity contribution in [2.75, 3.05) is 11.9 Å². The van der Waals surface area contributed by atoms with Gasteiger partial charge in [-0.15, -0.1) is 0 Å². The zero-order valence-corrected chi connectivity index (χ0v) is 11.3. The van der Waals surface area contributed by atoms with Gasteiger partial charge in [-0.05, 0) is 39.0 Å². The van der Waals surface area contributed by atoms with Gasteiger partial charge in [0, 0.05) is 17.3 Å². The Kier molecular flexibility index (Phi) is 5.81. The molecule has 6 heteroatoms. The second-order valence-electron chi connectivity index (χ2n) is 4.20. The van der Waals surface area contributed by atoms with Crippen LogP contribution in [0.5, 0.6) is 0 Å². The molecule has 0 aromatic heterocycles. The van der Waals surface area contributed by atoms with Crippen molar-refractivity contribution in [1.29, 1.82) is 0 Å². The third-order valence-corrected chi connectivity index (χ3v) is 2.11. The third kappa shape index (κ3) is 5.39. The van der Waals surface area contributed by atoms with E-state index in [4.69, 9.17) is 4.84 Å². The average Bonchev–Trinajstić information content (AvgIpc) is 2.35. The molecule has 0 saturated carbocycles. The summed E-state index contributed by atoms with van der Waals surface area (Å²) in [5, 5.41) is 5.35. The van der Waals surface area contributed by atoms with Crippen LogP contribution in [-0.4, -0.2) is 24.6 Å². The van der Waals surface area contributed by atoms with E-state index in [2.05, 4.69) is 16.1 Å². The van der Waals surface area contributed by atoms with Crippen molar-refractivity contribution in [1.82, 2.24) is 10.8 Å². The topological polar surface area (TPSA) is 79.5 Å². The minimum Gasteiger partial charge on any atom is -0.336 e. The summed E-state index contributed by atoms with van der Waals surface area (Å²) in [6.45, 7) is 5.89. The summed E-state index contributed by atoms with van der Waals surface area (Å²) in [7, 11) is 0. The molecule has 0 spiro atoms. The van der Waals surface area contributed by atoms with Crippen molar-refractivity contribution >= 4 is 17.6 Å². The highest BCUT2D eigenvalue weighted by Crippen LogP contribution is 2.10. The Hall–Kier alpha value is -2.08. The molecule has 0 saturated heterocycles. The molecule has 3 N–H and O–H groups in total. The van der Waals surface area contributed by atoms with E-state index >= 15 is 0 Å². The lowest BCUT2D eigenvalue weighted by Gasteiger charge is -2.11. The molecular formula is C13H19N3O3. The van der Waals surface area contributed by atoms with Gasteiger partial charge < -0.3 is 10.6 Å². The molecule has 104 valence electrons. The third-order valence-electron chi connectivity index (χ3n) is 2.11. The number of carbonyl (C=O) groups excluding carboxylic acids is 2. The lowest BCUT2D eigenvalue weighted by atomic mass is 10.2. The number of hydrogen-bond donors (Lipinski definition) is 3. The summed E-state index contributed by atoms with van der Waals surface area (Å²) >= 11 is 0. The number of hydrogen-bond acceptors (Lipinski definition) is 3. The number of carbonyl (C=O) groups is 2. The molecule has 0 aliphatic rings. The van der Waals surface area contributed by atoms with Crippen molar-refractivity contribution < 1.29 is 14.4 Å². The number of hydroxylamine groups is 1. The Morgan fingerprint density at radius 1 is 1.32 bits per heavy atom. The molecule has 1 rings (SSSR count). The molecule has 0 aliphatic heterocycles. The van der Waals surface area contributed by atoms with Gasteiger partial charge in [0.15, 0.2) is 0 Å². The van der Waals surface area contributed by atoms with Gasteiger partial charge in [0.25, 0.3) is 5.91 Å². The number of urea groups is 1. The van der Waals surface area contributed by atoms with Crippen molar-refractivity contribution in [3.05, 3.63) is 29.8 Å². The fraction of sp³-hybridized carbons (Fsp3) is 0.385. The summed E-state index contributed by atoms with van der Waals surface area (Å²) in [4.78, 5) is 28.0. The number of anilines is 1. The standard InChI is InChI=1S/C13H19N3O3/c1-4-19-16-12(17)10-6-5-7-11(8-10)15-13(18)14-9(2)3/h5-9H,4H2,1-3H3,(H,16,17)(H2,14,15,18). The van der Waals surface area contributed by atoms with Gasteiger partial charge >= 0.3 is 6.03 Å². The van der Waals surface area contributed by atoms with Crippen LogP contribution in [-0.2, 0) is 4.84 Å². The van der Waals surface area contributed by atoms with Crippen LogP contribution in [0, 0.1) is 0 Å². The van der Waals surface area contributed by atoms with Crippen LogP contribution < -0.4 is 16.1 Å². The maximum Gasteiger partial charge on any atom is 0.319 e. The second-order valence-corrected chi connectivity index (χ2v) is 4.20. The molecule has 0 bridgehead atoms. The molecule has 0 fully saturated rings. The fourth-order valence-electron chi connectivity index (χ4n) is 1.36. The molecule has 3 amide bonds. The molecule has 6 nitrogen and oxygen atoms in total. The first-order valence-electron chi connectivity index (χ1n) is 6.12. The minimum absolute atomic E-state index is 0.0458. The van der Waals surface area contributed by atoms with E-state index in [9.17, 15) is 9.59 Å². The van der Waals surface area contributed by atoms with Gasteiger partial charge in [0.1, 0.15) is 0 Å². The van der Waals surface area contributed by atoms with E-state index in [1.54, 1.807) is 31.2 Å².